The summed E-state index contributed by atoms with van der Waals surface area (Å²) in [5, 5.41) is 3.07. The van der Waals surface area contributed by atoms with E-state index < -0.39 is 0 Å². The zero-order valence-electron chi connectivity index (χ0n) is 14.0. The van der Waals surface area contributed by atoms with Gasteiger partial charge in [0.15, 0.2) is 18.1 Å². The van der Waals surface area contributed by atoms with Crippen LogP contribution in [0.4, 0.5) is 0 Å². The van der Waals surface area contributed by atoms with Crippen LogP contribution < -0.4 is 14.8 Å². The maximum Gasteiger partial charge on any atom is 0.258 e. The number of carbonyl (C=O) groups is 2. The summed E-state index contributed by atoms with van der Waals surface area (Å²) in [7, 11) is 1.50. The number of nitrogens with one attached hydrogen (secondary N) is 1. The molecule has 0 spiro atoms. The smallest absolute Gasteiger partial charge is 0.258 e. The highest BCUT2D eigenvalue weighted by molar-refractivity contribution is 5.78. The first-order chi connectivity index (χ1) is 11.0. The summed E-state index contributed by atoms with van der Waals surface area (Å²) in [6.07, 6.45) is 4.14. The van der Waals surface area contributed by atoms with Crippen molar-refractivity contribution in [2.75, 3.05) is 13.7 Å². The Morgan fingerprint density at radius 2 is 2.09 bits per heavy atom. The first kappa shape index (κ1) is 17.3. The standard InChI is InChI=1S/C18H25NO4/c1-12-5-4-6-15(13(12)2)19-18(21)11-23-16-8-7-14(10-20)9-17(16)22-3/h7-10,12-13,15H,4-6,11H2,1-3H3,(H,19,21). The molecule has 1 aromatic carbocycles. The van der Waals surface area contributed by atoms with Crippen molar-refractivity contribution in [3.05, 3.63) is 23.8 Å². The van der Waals surface area contributed by atoms with Crippen LogP contribution in [0.3, 0.4) is 0 Å². The van der Waals surface area contributed by atoms with Crippen molar-refractivity contribution in [3.8, 4) is 11.5 Å². The minimum absolute atomic E-state index is 0.0611. The van der Waals surface area contributed by atoms with E-state index in [4.69, 9.17) is 9.47 Å². The molecule has 3 unspecified atom stereocenters. The molecule has 0 bridgehead atoms. The molecule has 1 aromatic rings. The average molecular weight is 319 g/mol. The Balaban J connectivity index is 1.90. The second-order valence-electron chi connectivity index (χ2n) is 6.26. The molecule has 1 aliphatic rings. The van der Waals surface area contributed by atoms with Gasteiger partial charge in [0.1, 0.15) is 6.29 Å². The predicted octanol–water partition coefficient (Wildman–Crippen LogP) is 2.83. The highest BCUT2D eigenvalue weighted by atomic mass is 16.5. The van der Waals surface area contributed by atoms with Crippen molar-refractivity contribution in [3.63, 3.8) is 0 Å². The molecule has 1 aliphatic carbocycles. The molecule has 0 heterocycles. The van der Waals surface area contributed by atoms with Crippen LogP contribution in [0.2, 0.25) is 0 Å². The van der Waals surface area contributed by atoms with Gasteiger partial charge in [-0.05, 0) is 36.5 Å². The van der Waals surface area contributed by atoms with Crippen LogP contribution in [-0.2, 0) is 4.79 Å². The third-order valence-electron chi connectivity index (χ3n) is 4.74. The quantitative estimate of drug-likeness (QED) is 0.819. The SMILES string of the molecule is COc1cc(C=O)ccc1OCC(=O)NC1CCCC(C)C1C. The summed E-state index contributed by atoms with van der Waals surface area (Å²) in [5.41, 5.74) is 0.503. The summed E-state index contributed by atoms with van der Waals surface area (Å²) >= 11 is 0. The summed E-state index contributed by atoms with van der Waals surface area (Å²) in [6, 6.07) is 5.08. The van der Waals surface area contributed by atoms with Crippen molar-refractivity contribution >= 4 is 12.2 Å². The maximum absolute atomic E-state index is 12.1. The minimum Gasteiger partial charge on any atom is -0.493 e. The Hall–Kier alpha value is -2.04. The highest BCUT2D eigenvalue weighted by Gasteiger charge is 2.28. The lowest BCUT2D eigenvalue weighted by atomic mass is 9.78. The lowest BCUT2D eigenvalue weighted by Gasteiger charge is -2.34. The van der Waals surface area contributed by atoms with Gasteiger partial charge in [0.05, 0.1) is 7.11 Å². The lowest BCUT2D eigenvalue weighted by molar-refractivity contribution is -0.124. The van der Waals surface area contributed by atoms with Crippen LogP contribution in [0.15, 0.2) is 18.2 Å². The largest absolute Gasteiger partial charge is 0.493 e. The molecule has 3 atom stereocenters. The number of carbonyl (C=O) groups excluding carboxylic acids is 2. The Morgan fingerprint density at radius 1 is 1.30 bits per heavy atom. The van der Waals surface area contributed by atoms with Crippen LogP contribution in [-0.4, -0.2) is 32.0 Å². The van der Waals surface area contributed by atoms with Crippen LogP contribution in [0.5, 0.6) is 11.5 Å². The Morgan fingerprint density at radius 3 is 2.78 bits per heavy atom. The van der Waals surface area contributed by atoms with Gasteiger partial charge in [-0.1, -0.05) is 26.7 Å². The number of rotatable bonds is 6. The van der Waals surface area contributed by atoms with E-state index in [1.54, 1.807) is 18.2 Å². The second kappa shape index (κ2) is 7.99. The molecular weight excluding hydrogens is 294 g/mol. The molecule has 0 aromatic heterocycles. The minimum atomic E-state index is -0.127. The molecule has 23 heavy (non-hydrogen) atoms. The summed E-state index contributed by atoms with van der Waals surface area (Å²) in [4.78, 5) is 22.9. The Kier molecular flexibility index (Phi) is 6.02. The zero-order chi connectivity index (χ0) is 16.8. The van der Waals surface area contributed by atoms with Crippen LogP contribution in [0, 0.1) is 11.8 Å². The fourth-order valence-electron chi connectivity index (χ4n) is 3.05. The van der Waals surface area contributed by atoms with Crippen LogP contribution in [0.1, 0.15) is 43.5 Å². The van der Waals surface area contributed by atoms with Crippen molar-refractivity contribution in [1.29, 1.82) is 0 Å². The van der Waals surface area contributed by atoms with Gasteiger partial charge in [-0.15, -0.1) is 0 Å². The van der Waals surface area contributed by atoms with E-state index >= 15 is 0 Å². The first-order valence-corrected chi connectivity index (χ1v) is 8.10. The van der Waals surface area contributed by atoms with Gasteiger partial charge in [0.2, 0.25) is 0 Å². The van der Waals surface area contributed by atoms with Gasteiger partial charge in [-0.25, -0.2) is 0 Å². The molecule has 1 fully saturated rings. The summed E-state index contributed by atoms with van der Waals surface area (Å²) in [5.74, 6) is 1.89. The summed E-state index contributed by atoms with van der Waals surface area (Å²) in [6.45, 7) is 4.37. The fourth-order valence-corrected chi connectivity index (χ4v) is 3.05. The average Bonchev–Trinajstić information content (AvgIpc) is 2.57. The number of hydrogen-bond donors (Lipinski definition) is 1. The van der Waals surface area contributed by atoms with Gasteiger partial charge in [-0.3, -0.25) is 9.59 Å². The van der Waals surface area contributed by atoms with E-state index in [2.05, 4.69) is 19.2 Å². The number of amides is 1. The molecule has 1 N–H and O–H groups in total. The van der Waals surface area contributed by atoms with Crippen LogP contribution >= 0.6 is 0 Å². The molecule has 5 nitrogen and oxygen atoms in total. The second-order valence-corrected chi connectivity index (χ2v) is 6.26. The number of benzene rings is 1. The molecule has 0 aliphatic heterocycles. The Labute approximate surface area is 137 Å². The van der Waals surface area contributed by atoms with Crippen LogP contribution in [0.25, 0.3) is 0 Å². The van der Waals surface area contributed by atoms with Gasteiger partial charge < -0.3 is 14.8 Å². The molecule has 0 radical (unpaired) electrons. The van der Waals surface area contributed by atoms with E-state index in [9.17, 15) is 9.59 Å². The van der Waals surface area contributed by atoms with E-state index in [1.807, 2.05) is 0 Å². The fraction of sp³-hybridized carbons (Fsp3) is 0.556. The predicted molar refractivity (Wildman–Crippen MR) is 88.0 cm³/mol. The lowest BCUT2D eigenvalue weighted by Crippen LogP contribution is -2.45. The summed E-state index contributed by atoms with van der Waals surface area (Å²) < 4.78 is 10.7. The van der Waals surface area contributed by atoms with Crippen molar-refractivity contribution in [1.82, 2.24) is 5.32 Å². The highest BCUT2D eigenvalue weighted by Crippen LogP contribution is 2.30. The number of hydrogen-bond acceptors (Lipinski definition) is 4. The molecule has 0 saturated heterocycles. The van der Waals surface area contributed by atoms with E-state index in [0.717, 1.165) is 19.1 Å². The molecule has 1 amide bonds. The van der Waals surface area contributed by atoms with E-state index in [0.29, 0.717) is 28.9 Å². The third kappa shape index (κ3) is 4.47. The van der Waals surface area contributed by atoms with Crippen molar-refractivity contribution in [2.24, 2.45) is 11.8 Å². The molecule has 2 rings (SSSR count). The maximum atomic E-state index is 12.1. The van der Waals surface area contributed by atoms with Crippen molar-refractivity contribution in [2.45, 2.75) is 39.2 Å². The van der Waals surface area contributed by atoms with Crippen molar-refractivity contribution < 1.29 is 19.1 Å². The zero-order valence-corrected chi connectivity index (χ0v) is 14.0. The molecule has 126 valence electrons. The monoisotopic (exact) mass is 319 g/mol. The topological polar surface area (TPSA) is 64.6 Å². The number of ether oxygens (including phenoxy) is 2. The normalized spacial score (nSPS) is 23.9. The van der Waals surface area contributed by atoms with Gasteiger partial charge in [0, 0.05) is 11.6 Å². The van der Waals surface area contributed by atoms with Gasteiger partial charge in [0.25, 0.3) is 5.91 Å². The van der Waals surface area contributed by atoms with E-state index in [-0.39, 0.29) is 18.6 Å². The van der Waals surface area contributed by atoms with E-state index in [1.165, 1.54) is 13.5 Å². The van der Waals surface area contributed by atoms with Gasteiger partial charge >= 0.3 is 0 Å². The molecule has 5 heteroatoms. The number of methoxy groups -OCH3 is 1. The molecular formula is C18H25NO4. The Bertz CT molecular complexity index is 558. The third-order valence-corrected chi connectivity index (χ3v) is 4.74. The number of aldehydes is 1. The first-order valence-electron chi connectivity index (χ1n) is 8.10. The van der Waals surface area contributed by atoms with Gasteiger partial charge in [-0.2, -0.15) is 0 Å². The molecule has 1 saturated carbocycles.